The number of hydrogen-bond donors (Lipinski definition) is 2. The van der Waals surface area contributed by atoms with Crippen LogP contribution in [0.5, 0.6) is 0 Å². The molecule has 1 amide bonds. The predicted octanol–water partition coefficient (Wildman–Crippen LogP) is 0.750. The van der Waals surface area contributed by atoms with E-state index in [2.05, 4.69) is 12.2 Å². The van der Waals surface area contributed by atoms with E-state index < -0.39 is 5.54 Å². The van der Waals surface area contributed by atoms with Crippen molar-refractivity contribution in [3.8, 4) is 0 Å². The van der Waals surface area contributed by atoms with Crippen molar-refractivity contribution in [3.05, 3.63) is 0 Å². The monoisotopic (exact) mass is 246 g/mol. The number of rotatable bonds is 6. The van der Waals surface area contributed by atoms with Gasteiger partial charge in [-0.1, -0.05) is 0 Å². The van der Waals surface area contributed by atoms with Crippen molar-refractivity contribution in [1.82, 2.24) is 5.32 Å². The molecule has 0 spiro atoms. The summed E-state index contributed by atoms with van der Waals surface area (Å²) in [6.45, 7) is 4.82. The molecular formula is C11H22N2O2S. The molecule has 1 aliphatic rings. The van der Waals surface area contributed by atoms with Crippen molar-refractivity contribution in [2.75, 3.05) is 19.4 Å². The van der Waals surface area contributed by atoms with Crippen LogP contribution in [0.1, 0.15) is 26.7 Å². The van der Waals surface area contributed by atoms with E-state index in [0.29, 0.717) is 11.4 Å². The number of ether oxygens (including phenoxy) is 1. The van der Waals surface area contributed by atoms with Crippen molar-refractivity contribution in [3.63, 3.8) is 0 Å². The standard InChI is InChI=1S/C11H22N2O2S/c1-8-9(4-6-15-8)16-7-5-11(2,13-3)10(12)14/h8-9,13H,4-7H2,1-3H3,(H2,12,14). The van der Waals surface area contributed by atoms with Gasteiger partial charge in [-0.2, -0.15) is 11.8 Å². The largest absolute Gasteiger partial charge is 0.377 e. The Labute approximate surface area is 102 Å². The molecule has 0 saturated carbocycles. The van der Waals surface area contributed by atoms with E-state index in [4.69, 9.17) is 10.5 Å². The molecule has 0 aromatic heterocycles. The highest BCUT2D eigenvalue weighted by Crippen LogP contribution is 2.27. The number of amides is 1. The maximum atomic E-state index is 11.3. The second-order valence-electron chi connectivity index (χ2n) is 4.47. The Bertz CT molecular complexity index is 250. The third-order valence-electron chi connectivity index (χ3n) is 3.34. The number of hydrogen-bond acceptors (Lipinski definition) is 4. The Morgan fingerprint density at radius 2 is 2.38 bits per heavy atom. The maximum absolute atomic E-state index is 11.3. The number of thioether (sulfide) groups is 1. The number of likely N-dealkylation sites (N-methyl/N-ethyl adjacent to an activating group) is 1. The van der Waals surface area contributed by atoms with E-state index in [-0.39, 0.29) is 5.91 Å². The summed E-state index contributed by atoms with van der Waals surface area (Å²) in [5.41, 5.74) is 4.78. The highest BCUT2D eigenvalue weighted by Gasteiger charge is 2.30. The van der Waals surface area contributed by atoms with Gasteiger partial charge in [0.05, 0.1) is 11.6 Å². The lowest BCUT2D eigenvalue weighted by molar-refractivity contribution is -0.123. The average Bonchev–Trinajstić information content (AvgIpc) is 2.64. The number of carbonyl (C=O) groups excluding carboxylic acids is 1. The van der Waals surface area contributed by atoms with Gasteiger partial charge >= 0.3 is 0 Å². The van der Waals surface area contributed by atoms with E-state index in [9.17, 15) is 4.79 Å². The molecule has 1 saturated heterocycles. The van der Waals surface area contributed by atoms with Gasteiger partial charge in [-0.05, 0) is 39.5 Å². The first-order valence-corrected chi connectivity index (χ1v) is 6.76. The topological polar surface area (TPSA) is 64.3 Å². The van der Waals surface area contributed by atoms with E-state index in [1.165, 1.54) is 0 Å². The minimum absolute atomic E-state index is 0.286. The Hall–Kier alpha value is -0.260. The van der Waals surface area contributed by atoms with Gasteiger partial charge in [-0.25, -0.2) is 0 Å². The van der Waals surface area contributed by atoms with Crippen LogP contribution in [0.25, 0.3) is 0 Å². The number of nitrogens with one attached hydrogen (secondary N) is 1. The number of primary amides is 1. The van der Waals surface area contributed by atoms with Crippen molar-refractivity contribution in [2.45, 2.75) is 43.6 Å². The summed E-state index contributed by atoms with van der Waals surface area (Å²) in [5.74, 6) is 0.643. The van der Waals surface area contributed by atoms with Crippen LogP contribution in [-0.4, -0.2) is 42.2 Å². The van der Waals surface area contributed by atoms with Crippen LogP contribution in [0.2, 0.25) is 0 Å². The summed E-state index contributed by atoms with van der Waals surface area (Å²) in [4.78, 5) is 11.3. The van der Waals surface area contributed by atoms with E-state index >= 15 is 0 Å². The molecule has 0 bridgehead atoms. The van der Waals surface area contributed by atoms with Crippen LogP contribution in [0.15, 0.2) is 0 Å². The summed E-state index contributed by atoms with van der Waals surface area (Å²) in [6, 6.07) is 0. The van der Waals surface area contributed by atoms with Gasteiger partial charge in [0.2, 0.25) is 5.91 Å². The van der Waals surface area contributed by atoms with Crippen LogP contribution in [0, 0.1) is 0 Å². The highest BCUT2D eigenvalue weighted by molar-refractivity contribution is 7.99. The summed E-state index contributed by atoms with van der Waals surface area (Å²) >= 11 is 1.88. The molecule has 94 valence electrons. The Balaban J connectivity index is 2.31. The molecule has 3 N–H and O–H groups in total. The van der Waals surface area contributed by atoms with Crippen LogP contribution in [0.3, 0.4) is 0 Å². The first kappa shape index (κ1) is 13.8. The highest BCUT2D eigenvalue weighted by atomic mass is 32.2. The molecule has 1 heterocycles. The van der Waals surface area contributed by atoms with Crippen molar-refractivity contribution < 1.29 is 9.53 Å². The molecule has 0 radical (unpaired) electrons. The SMILES string of the molecule is CNC(C)(CCSC1CCOC1C)C(N)=O. The van der Waals surface area contributed by atoms with Gasteiger partial charge in [0, 0.05) is 11.9 Å². The van der Waals surface area contributed by atoms with Crippen LogP contribution in [-0.2, 0) is 9.53 Å². The molecule has 0 aliphatic carbocycles. The molecule has 16 heavy (non-hydrogen) atoms. The summed E-state index contributed by atoms with van der Waals surface area (Å²) in [6.07, 6.45) is 2.20. The Morgan fingerprint density at radius 3 is 2.81 bits per heavy atom. The van der Waals surface area contributed by atoms with Crippen molar-refractivity contribution in [1.29, 1.82) is 0 Å². The lowest BCUT2D eigenvalue weighted by Crippen LogP contribution is -2.51. The van der Waals surface area contributed by atoms with Crippen LogP contribution >= 0.6 is 11.8 Å². The van der Waals surface area contributed by atoms with E-state index in [1.807, 2.05) is 18.7 Å². The molecule has 3 unspecified atom stereocenters. The smallest absolute Gasteiger partial charge is 0.237 e. The Kier molecular flexibility index (Phi) is 5.08. The molecule has 5 heteroatoms. The summed E-state index contributed by atoms with van der Waals surface area (Å²) in [7, 11) is 1.77. The minimum Gasteiger partial charge on any atom is -0.377 e. The molecular weight excluding hydrogens is 224 g/mol. The zero-order valence-electron chi connectivity index (χ0n) is 10.3. The summed E-state index contributed by atoms with van der Waals surface area (Å²) < 4.78 is 5.49. The fraction of sp³-hybridized carbons (Fsp3) is 0.909. The molecule has 1 rings (SSSR count). The average molecular weight is 246 g/mol. The molecule has 0 aromatic rings. The zero-order valence-corrected chi connectivity index (χ0v) is 11.1. The van der Waals surface area contributed by atoms with Gasteiger partial charge in [-0.3, -0.25) is 4.79 Å². The lowest BCUT2D eigenvalue weighted by atomic mass is 9.99. The predicted molar refractivity (Wildman–Crippen MR) is 67.6 cm³/mol. The third kappa shape index (κ3) is 3.37. The van der Waals surface area contributed by atoms with Gasteiger partial charge in [0.1, 0.15) is 0 Å². The van der Waals surface area contributed by atoms with E-state index in [0.717, 1.165) is 25.2 Å². The van der Waals surface area contributed by atoms with Gasteiger partial charge in [0.15, 0.2) is 0 Å². The molecule has 1 fully saturated rings. The fourth-order valence-electron chi connectivity index (χ4n) is 1.72. The molecule has 3 atom stereocenters. The van der Waals surface area contributed by atoms with Gasteiger partial charge in [0.25, 0.3) is 0 Å². The second-order valence-corrected chi connectivity index (χ2v) is 5.82. The van der Waals surface area contributed by atoms with Crippen LogP contribution in [0.4, 0.5) is 0 Å². The number of carbonyl (C=O) groups is 1. The summed E-state index contributed by atoms with van der Waals surface area (Å²) in [5, 5.41) is 3.56. The minimum atomic E-state index is -0.588. The third-order valence-corrected chi connectivity index (χ3v) is 4.82. The lowest BCUT2D eigenvalue weighted by Gasteiger charge is -2.26. The first-order chi connectivity index (χ1) is 7.49. The van der Waals surface area contributed by atoms with Crippen molar-refractivity contribution in [2.24, 2.45) is 5.73 Å². The fourth-order valence-corrected chi connectivity index (χ4v) is 3.16. The normalized spacial score (nSPS) is 28.9. The van der Waals surface area contributed by atoms with E-state index in [1.54, 1.807) is 7.05 Å². The quantitative estimate of drug-likeness (QED) is 0.726. The second kappa shape index (κ2) is 5.89. The number of nitrogens with two attached hydrogens (primary N) is 1. The molecule has 1 aliphatic heterocycles. The zero-order chi connectivity index (χ0) is 12.2. The van der Waals surface area contributed by atoms with Gasteiger partial charge in [-0.15, -0.1) is 0 Å². The Morgan fingerprint density at radius 1 is 1.69 bits per heavy atom. The van der Waals surface area contributed by atoms with Crippen molar-refractivity contribution >= 4 is 17.7 Å². The van der Waals surface area contributed by atoms with Gasteiger partial charge < -0.3 is 15.8 Å². The molecule has 4 nitrogen and oxygen atoms in total. The first-order valence-electron chi connectivity index (χ1n) is 5.71. The van der Waals surface area contributed by atoms with Crippen LogP contribution < -0.4 is 11.1 Å². The maximum Gasteiger partial charge on any atom is 0.237 e. The molecule has 0 aromatic carbocycles.